The van der Waals surface area contributed by atoms with Crippen LogP contribution in [-0.2, 0) is 21.2 Å². The van der Waals surface area contributed by atoms with Gasteiger partial charge in [-0.05, 0) is 37.5 Å². The minimum atomic E-state index is -3.66. The van der Waals surface area contributed by atoms with Crippen molar-refractivity contribution in [3.05, 3.63) is 29.8 Å². The van der Waals surface area contributed by atoms with E-state index in [0.29, 0.717) is 25.9 Å². The second-order valence-corrected chi connectivity index (χ2v) is 8.08. The van der Waals surface area contributed by atoms with Crippen molar-refractivity contribution >= 4 is 45.9 Å². The Bertz CT molecular complexity index is 768. The van der Waals surface area contributed by atoms with Gasteiger partial charge in [-0.15, -0.1) is 24.0 Å². The van der Waals surface area contributed by atoms with Crippen molar-refractivity contribution in [3.63, 3.8) is 0 Å². The highest BCUT2D eigenvalue weighted by molar-refractivity contribution is 14.0. The number of likely N-dealkylation sites (tertiary alicyclic amines) is 1. The van der Waals surface area contributed by atoms with Gasteiger partial charge in [0.15, 0.2) is 5.96 Å². The average Bonchev–Trinajstić information content (AvgIpc) is 3.09. The highest BCUT2D eigenvalue weighted by Gasteiger charge is 2.25. The number of nitrogens with two attached hydrogens (primary N) is 1. The van der Waals surface area contributed by atoms with Crippen molar-refractivity contribution in [1.29, 1.82) is 0 Å². The van der Waals surface area contributed by atoms with Crippen LogP contribution in [0.4, 0.5) is 0 Å². The van der Waals surface area contributed by atoms with Crippen LogP contribution in [0.25, 0.3) is 0 Å². The Morgan fingerprint density at radius 2 is 1.96 bits per heavy atom. The number of benzene rings is 1. The lowest BCUT2D eigenvalue weighted by Gasteiger charge is -2.18. The monoisotopic (exact) mass is 523 g/mol. The van der Waals surface area contributed by atoms with E-state index in [1.54, 1.807) is 12.1 Å². The molecular weight excluding hydrogens is 493 g/mol. The largest absolute Gasteiger partial charge is 0.357 e. The quantitative estimate of drug-likeness (QED) is 0.281. The van der Waals surface area contributed by atoms with E-state index in [4.69, 9.17) is 5.14 Å². The van der Waals surface area contributed by atoms with Gasteiger partial charge in [0.2, 0.25) is 15.9 Å². The molecular formula is C18H30IN5O3S. The van der Waals surface area contributed by atoms with Gasteiger partial charge < -0.3 is 15.5 Å². The number of aliphatic imine (C=N–C) groups is 1. The van der Waals surface area contributed by atoms with Gasteiger partial charge in [0, 0.05) is 38.6 Å². The van der Waals surface area contributed by atoms with Crippen LogP contribution in [0.2, 0.25) is 0 Å². The highest BCUT2D eigenvalue weighted by Crippen LogP contribution is 2.11. The molecule has 1 aromatic carbocycles. The Morgan fingerprint density at radius 3 is 2.54 bits per heavy atom. The van der Waals surface area contributed by atoms with Gasteiger partial charge in [0.05, 0.1) is 4.90 Å². The molecule has 0 aromatic heterocycles. The lowest BCUT2D eigenvalue weighted by Crippen LogP contribution is -2.45. The molecule has 1 unspecified atom stereocenters. The number of halogens is 1. The zero-order chi connectivity index (χ0) is 19.9. The number of hydrogen-bond acceptors (Lipinski definition) is 4. The number of nitrogens with one attached hydrogen (secondary N) is 2. The van der Waals surface area contributed by atoms with Crippen molar-refractivity contribution < 1.29 is 13.2 Å². The van der Waals surface area contributed by atoms with Crippen LogP contribution in [0.1, 0.15) is 32.3 Å². The van der Waals surface area contributed by atoms with Crippen molar-refractivity contribution in [1.82, 2.24) is 15.5 Å². The Labute approximate surface area is 184 Å². The van der Waals surface area contributed by atoms with Crippen molar-refractivity contribution in [3.8, 4) is 0 Å². The molecule has 1 aromatic rings. The third-order valence-electron chi connectivity index (χ3n) is 4.45. The van der Waals surface area contributed by atoms with Crippen LogP contribution in [0, 0.1) is 0 Å². The summed E-state index contributed by atoms with van der Waals surface area (Å²) in [5.74, 6) is 0.915. The number of primary sulfonamides is 1. The number of amides is 1. The standard InChI is InChI=1S/C18H29N5O3S.HI/c1-3-17(24)23-12-10-15(13-23)22-18(20-4-2)21-11-9-14-5-7-16(8-6-14)27(19,25)26;/h5-8,15H,3-4,9-13H2,1-2H3,(H2,19,25,26)(H2,20,21,22);1H. The molecule has 10 heteroatoms. The van der Waals surface area contributed by atoms with E-state index in [2.05, 4.69) is 15.6 Å². The van der Waals surface area contributed by atoms with E-state index in [1.807, 2.05) is 18.7 Å². The lowest BCUT2D eigenvalue weighted by molar-refractivity contribution is -0.129. The maximum Gasteiger partial charge on any atom is 0.238 e. The number of carbonyl (C=O) groups excluding carboxylic acids is 1. The Kier molecular flexibility index (Phi) is 10.2. The Morgan fingerprint density at radius 1 is 1.29 bits per heavy atom. The summed E-state index contributed by atoms with van der Waals surface area (Å²) < 4.78 is 22.6. The molecule has 1 fully saturated rings. The first-order valence-corrected chi connectivity index (χ1v) is 10.8. The number of rotatable bonds is 7. The van der Waals surface area contributed by atoms with Gasteiger partial charge in [-0.1, -0.05) is 19.1 Å². The maximum absolute atomic E-state index is 11.8. The molecule has 0 radical (unpaired) electrons. The van der Waals surface area contributed by atoms with Crippen LogP contribution in [0.3, 0.4) is 0 Å². The van der Waals surface area contributed by atoms with Crippen LogP contribution >= 0.6 is 24.0 Å². The first-order valence-electron chi connectivity index (χ1n) is 9.27. The number of guanidine groups is 1. The molecule has 1 saturated heterocycles. The summed E-state index contributed by atoms with van der Waals surface area (Å²) in [6, 6.07) is 6.72. The predicted octanol–water partition coefficient (Wildman–Crippen LogP) is 1.06. The molecule has 0 spiro atoms. The van der Waals surface area contributed by atoms with Crippen molar-refractivity contribution in [2.45, 2.75) is 44.0 Å². The molecule has 1 amide bonds. The fourth-order valence-electron chi connectivity index (χ4n) is 2.98. The first kappa shape index (κ1) is 24.6. The molecule has 0 saturated carbocycles. The molecule has 1 atom stereocenters. The molecule has 158 valence electrons. The Hall–Kier alpha value is -1.40. The summed E-state index contributed by atoms with van der Waals surface area (Å²) in [7, 11) is -3.66. The van der Waals surface area contributed by atoms with Crippen LogP contribution in [0.15, 0.2) is 34.2 Å². The molecule has 2 rings (SSSR count). The van der Waals surface area contributed by atoms with Crippen LogP contribution in [0.5, 0.6) is 0 Å². The fraction of sp³-hybridized carbons (Fsp3) is 0.556. The normalized spacial score (nSPS) is 17.2. The summed E-state index contributed by atoms with van der Waals surface area (Å²) in [4.78, 5) is 18.4. The molecule has 0 aliphatic carbocycles. The molecule has 1 aliphatic heterocycles. The van der Waals surface area contributed by atoms with Gasteiger partial charge in [0.25, 0.3) is 0 Å². The summed E-state index contributed by atoms with van der Waals surface area (Å²) in [5.41, 5.74) is 0.989. The summed E-state index contributed by atoms with van der Waals surface area (Å²) >= 11 is 0. The average molecular weight is 523 g/mol. The smallest absolute Gasteiger partial charge is 0.238 e. The number of sulfonamides is 1. The molecule has 28 heavy (non-hydrogen) atoms. The SMILES string of the molecule is CCNC(=NCCc1ccc(S(N)(=O)=O)cc1)NC1CCN(C(=O)CC)C1.I. The Balaban J connectivity index is 0.00000392. The predicted molar refractivity (Wildman–Crippen MR) is 121 cm³/mol. The van der Waals surface area contributed by atoms with Gasteiger partial charge in [-0.3, -0.25) is 9.79 Å². The topological polar surface area (TPSA) is 117 Å². The second kappa shape index (κ2) is 11.6. The molecule has 0 bridgehead atoms. The fourth-order valence-corrected chi connectivity index (χ4v) is 3.50. The van der Waals surface area contributed by atoms with Gasteiger partial charge in [-0.2, -0.15) is 0 Å². The van der Waals surface area contributed by atoms with Crippen molar-refractivity contribution in [2.75, 3.05) is 26.2 Å². The van der Waals surface area contributed by atoms with E-state index in [-0.39, 0.29) is 40.8 Å². The van der Waals surface area contributed by atoms with E-state index in [9.17, 15) is 13.2 Å². The van der Waals surface area contributed by atoms with E-state index in [0.717, 1.165) is 31.0 Å². The minimum Gasteiger partial charge on any atom is -0.357 e. The summed E-state index contributed by atoms with van der Waals surface area (Å²) in [5, 5.41) is 11.7. The first-order chi connectivity index (χ1) is 12.8. The molecule has 4 N–H and O–H groups in total. The number of nitrogens with zero attached hydrogens (tertiary/aromatic N) is 2. The molecule has 1 heterocycles. The van der Waals surface area contributed by atoms with E-state index >= 15 is 0 Å². The number of hydrogen-bond donors (Lipinski definition) is 3. The highest BCUT2D eigenvalue weighted by atomic mass is 127. The maximum atomic E-state index is 11.8. The summed E-state index contributed by atoms with van der Waals surface area (Å²) in [6.07, 6.45) is 2.13. The number of carbonyl (C=O) groups is 1. The lowest BCUT2D eigenvalue weighted by atomic mass is 10.1. The summed E-state index contributed by atoms with van der Waals surface area (Å²) in [6.45, 7) is 6.68. The van der Waals surface area contributed by atoms with Crippen molar-refractivity contribution in [2.24, 2.45) is 10.1 Å². The van der Waals surface area contributed by atoms with Gasteiger partial charge in [0.1, 0.15) is 0 Å². The van der Waals surface area contributed by atoms with E-state index in [1.165, 1.54) is 12.1 Å². The molecule has 8 nitrogen and oxygen atoms in total. The zero-order valence-electron chi connectivity index (χ0n) is 16.3. The molecule has 1 aliphatic rings. The van der Waals surface area contributed by atoms with E-state index < -0.39 is 10.0 Å². The third-order valence-corrected chi connectivity index (χ3v) is 5.38. The zero-order valence-corrected chi connectivity index (χ0v) is 19.5. The third kappa shape index (κ3) is 7.55. The van der Waals surface area contributed by atoms with Crippen LogP contribution in [-0.4, -0.2) is 57.4 Å². The van der Waals surface area contributed by atoms with Gasteiger partial charge in [-0.25, -0.2) is 13.6 Å². The second-order valence-electron chi connectivity index (χ2n) is 6.52. The van der Waals surface area contributed by atoms with Gasteiger partial charge >= 0.3 is 0 Å². The minimum absolute atomic E-state index is 0. The van der Waals surface area contributed by atoms with Crippen LogP contribution < -0.4 is 15.8 Å².